The highest BCUT2D eigenvalue weighted by Crippen LogP contribution is 2.53. The van der Waals surface area contributed by atoms with E-state index in [9.17, 15) is 0 Å². The Labute approximate surface area is 198 Å². The summed E-state index contributed by atoms with van der Waals surface area (Å²) in [4.78, 5) is 1.00. The summed E-state index contributed by atoms with van der Waals surface area (Å²) in [7, 11) is 0. The molecule has 1 atom stereocenters. The minimum absolute atomic E-state index is 0.132. The zero-order chi connectivity index (χ0) is 22.0. The Kier molecular flexibility index (Phi) is 6.47. The van der Waals surface area contributed by atoms with Crippen molar-refractivity contribution >= 4 is 23.5 Å². The molecule has 3 aromatic rings. The van der Waals surface area contributed by atoms with Crippen molar-refractivity contribution < 1.29 is 9.26 Å². The molecule has 0 radical (unpaired) electrons. The Morgan fingerprint density at radius 1 is 1.25 bits per heavy atom. The third-order valence-corrected chi connectivity index (χ3v) is 7.96. The number of fused-ring (bicyclic) bond motifs is 1. The first-order valence-corrected chi connectivity index (χ1v) is 12.4. The number of hydrogen-bond donors (Lipinski definition) is 2. The molecule has 0 spiro atoms. The molecule has 7 heteroatoms. The molecule has 0 bridgehead atoms. The number of aryl methyl sites for hydroxylation is 1. The maximum absolute atomic E-state index is 6.17. The van der Waals surface area contributed by atoms with Gasteiger partial charge in [0, 0.05) is 23.0 Å². The fraction of sp³-hybridized carbons (Fsp3) is 0.400. The summed E-state index contributed by atoms with van der Waals surface area (Å²) in [6, 6.07) is 15.4. The van der Waals surface area contributed by atoms with Gasteiger partial charge in [0.05, 0.1) is 11.1 Å². The summed E-state index contributed by atoms with van der Waals surface area (Å²) in [5.41, 5.74) is 4.33. The predicted octanol–water partition coefficient (Wildman–Crippen LogP) is 5.62. The third-order valence-electron chi connectivity index (χ3n) is 6.75. The number of nitrogens with one attached hydrogen (secondary N) is 2. The van der Waals surface area contributed by atoms with Gasteiger partial charge >= 0.3 is 0 Å². The van der Waals surface area contributed by atoms with Gasteiger partial charge in [-0.2, -0.15) is 0 Å². The van der Waals surface area contributed by atoms with Crippen LogP contribution in [-0.2, 0) is 11.8 Å². The van der Waals surface area contributed by atoms with Crippen LogP contribution in [0.1, 0.15) is 47.8 Å². The third kappa shape index (κ3) is 4.29. The number of benzene rings is 2. The maximum Gasteiger partial charge on any atom is 0.148 e. The normalized spacial score (nSPS) is 19.2. The van der Waals surface area contributed by atoms with E-state index in [1.165, 1.54) is 47.9 Å². The van der Waals surface area contributed by atoms with Crippen molar-refractivity contribution in [2.75, 3.05) is 19.7 Å². The molecule has 1 aliphatic carbocycles. The predicted molar refractivity (Wildman–Crippen MR) is 128 cm³/mol. The Bertz CT molecular complexity index is 1070. The molecule has 0 amide bonds. The number of halogens is 1. The number of ether oxygens (including phenoxy) is 1. The van der Waals surface area contributed by atoms with Gasteiger partial charge in [-0.3, -0.25) is 4.72 Å². The SMILES string of the molecule is Cc1oncc1SNCCOc1ccc2c(c1)C(C1(c3ccc(Cl)cc3)CCC1)NCC2. The van der Waals surface area contributed by atoms with Gasteiger partial charge < -0.3 is 14.6 Å². The molecule has 2 aromatic carbocycles. The smallest absolute Gasteiger partial charge is 0.148 e. The molecule has 2 aliphatic rings. The molecule has 5 nitrogen and oxygen atoms in total. The lowest BCUT2D eigenvalue weighted by Crippen LogP contribution is -2.49. The quantitative estimate of drug-likeness (QED) is 0.330. The van der Waals surface area contributed by atoms with Gasteiger partial charge in [-0.25, -0.2) is 0 Å². The van der Waals surface area contributed by atoms with Crippen molar-refractivity contribution in [3.63, 3.8) is 0 Å². The lowest BCUT2D eigenvalue weighted by Gasteiger charge is -2.50. The highest BCUT2D eigenvalue weighted by Gasteiger charge is 2.47. The lowest BCUT2D eigenvalue weighted by atomic mass is 9.58. The van der Waals surface area contributed by atoms with E-state index >= 15 is 0 Å². The standard InChI is InChI=1S/C25H28ClN3O2S/c1-17-23(16-28-31-17)32-29-13-14-30-21-8-3-18-9-12-27-24(22(18)15-21)25(10-2-11-25)19-4-6-20(26)7-5-19/h3-8,15-16,24,27,29H,2,9-14H2,1H3. The second-order valence-corrected chi connectivity index (χ2v) is 9.97. The van der Waals surface area contributed by atoms with Crippen molar-refractivity contribution in [1.82, 2.24) is 15.2 Å². The van der Waals surface area contributed by atoms with E-state index in [0.29, 0.717) is 12.6 Å². The van der Waals surface area contributed by atoms with Crippen molar-refractivity contribution in [2.45, 2.75) is 49.0 Å². The molecule has 1 unspecified atom stereocenters. The number of aromatic nitrogens is 1. The topological polar surface area (TPSA) is 59.3 Å². The monoisotopic (exact) mass is 469 g/mol. The van der Waals surface area contributed by atoms with Crippen LogP contribution in [-0.4, -0.2) is 24.9 Å². The summed E-state index contributed by atoms with van der Waals surface area (Å²) < 4.78 is 14.5. The molecule has 168 valence electrons. The van der Waals surface area contributed by atoms with Gasteiger partial charge in [-0.05, 0) is 85.6 Å². The van der Waals surface area contributed by atoms with Crippen LogP contribution in [0.15, 0.2) is 58.1 Å². The fourth-order valence-corrected chi connectivity index (χ4v) is 5.67. The fourth-order valence-electron chi connectivity index (χ4n) is 4.92. The first-order valence-electron chi connectivity index (χ1n) is 11.2. The number of nitrogens with zero attached hydrogens (tertiary/aromatic N) is 1. The highest BCUT2D eigenvalue weighted by atomic mass is 35.5. The molecule has 2 heterocycles. The summed E-state index contributed by atoms with van der Waals surface area (Å²) >= 11 is 7.69. The largest absolute Gasteiger partial charge is 0.492 e. The van der Waals surface area contributed by atoms with E-state index in [-0.39, 0.29) is 5.41 Å². The van der Waals surface area contributed by atoms with Crippen molar-refractivity contribution in [2.24, 2.45) is 0 Å². The van der Waals surface area contributed by atoms with Gasteiger partial charge in [0.15, 0.2) is 0 Å². The van der Waals surface area contributed by atoms with Gasteiger partial charge in [0.1, 0.15) is 18.1 Å². The average Bonchev–Trinajstić information content (AvgIpc) is 3.19. The zero-order valence-corrected chi connectivity index (χ0v) is 19.8. The van der Waals surface area contributed by atoms with Gasteiger partial charge in [-0.15, -0.1) is 0 Å². The minimum atomic E-state index is 0.132. The van der Waals surface area contributed by atoms with Crippen LogP contribution in [0.2, 0.25) is 5.02 Å². The number of hydrogen-bond acceptors (Lipinski definition) is 6. The molecule has 1 fully saturated rings. The first-order chi connectivity index (χ1) is 15.7. The lowest BCUT2D eigenvalue weighted by molar-refractivity contribution is 0.164. The molecule has 0 saturated heterocycles. The Hall–Kier alpha value is -1.99. The average molecular weight is 470 g/mol. The van der Waals surface area contributed by atoms with Crippen LogP contribution in [0.5, 0.6) is 5.75 Å². The van der Waals surface area contributed by atoms with Crippen molar-refractivity contribution in [1.29, 1.82) is 0 Å². The van der Waals surface area contributed by atoms with Gasteiger partial charge in [-0.1, -0.05) is 41.4 Å². The van der Waals surface area contributed by atoms with E-state index in [1.807, 2.05) is 19.1 Å². The molecular formula is C25H28ClN3O2S. The van der Waals surface area contributed by atoms with Crippen LogP contribution in [0.25, 0.3) is 0 Å². The summed E-state index contributed by atoms with van der Waals surface area (Å²) in [6.07, 6.45) is 6.43. The first kappa shape index (κ1) is 21.8. The Morgan fingerprint density at radius 3 is 2.81 bits per heavy atom. The molecule has 32 heavy (non-hydrogen) atoms. The molecule has 1 aromatic heterocycles. The molecule has 1 saturated carbocycles. The van der Waals surface area contributed by atoms with E-state index in [1.54, 1.807) is 6.20 Å². The molecule has 1 aliphatic heterocycles. The summed E-state index contributed by atoms with van der Waals surface area (Å²) in [5, 5.41) is 8.42. The number of rotatable bonds is 8. The van der Waals surface area contributed by atoms with Crippen LogP contribution in [0, 0.1) is 6.92 Å². The van der Waals surface area contributed by atoms with Crippen LogP contribution >= 0.6 is 23.5 Å². The van der Waals surface area contributed by atoms with E-state index < -0.39 is 0 Å². The second-order valence-electron chi connectivity index (χ2n) is 8.61. The van der Waals surface area contributed by atoms with E-state index in [0.717, 1.165) is 40.9 Å². The van der Waals surface area contributed by atoms with Crippen LogP contribution < -0.4 is 14.8 Å². The van der Waals surface area contributed by atoms with E-state index in [4.69, 9.17) is 20.9 Å². The van der Waals surface area contributed by atoms with Crippen LogP contribution in [0.4, 0.5) is 0 Å². The van der Waals surface area contributed by atoms with Gasteiger partial charge in [0.2, 0.25) is 0 Å². The second kappa shape index (κ2) is 9.48. The van der Waals surface area contributed by atoms with Gasteiger partial charge in [0.25, 0.3) is 0 Å². The Balaban J connectivity index is 1.28. The highest BCUT2D eigenvalue weighted by molar-refractivity contribution is 7.97. The molecule has 5 rings (SSSR count). The van der Waals surface area contributed by atoms with Crippen LogP contribution in [0.3, 0.4) is 0 Å². The molecule has 2 N–H and O–H groups in total. The maximum atomic E-state index is 6.17. The van der Waals surface area contributed by atoms with Crippen molar-refractivity contribution in [3.05, 3.63) is 76.1 Å². The molecular weight excluding hydrogens is 442 g/mol. The summed E-state index contributed by atoms with van der Waals surface area (Å²) in [6.45, 7) is 4.24. The van der Waals surface area contributed by atoms with E-state index in [2.05, 4.69) is 45.5 Å². The summed E-state index contributed by atoms with van der Waals surface area (Å²) in [5.74, 6) is 1.75. The zero-order valence-electron chi connectivity index (χ0n) is 18.2. The Morgan fingerprint density at radius 2 is 2.09 bits per heavy atom. The van der Waals surface area contributed by atoms with Crippen molar-refractivity contribution in [3.8, 4) is 5.75 Å². The minimum Gasteiger partial charge on any atom is -0.492 e.